The molecule has 4 aromatic heterocycles. The van der Waals surface area contributed by atoms with E-state index in [4.69, 9.17) is 13.9 Å². The van der Waals surface area contributed by atoms with E-state index < -0.39 is 37.6 Å². The zero-order valence-corrected chi connectivity index (χ0v) is 35.2. The lowest BCUT2D eigenvalue weighted by molar-refractivity contribution is 0.0956. The lowest BCUT2D eigenvalue weighted by Gasteiger charge is -2.18. The molecule has 0 saturated heterocycles. The van der Waals surface area contributed by atoms with Crippen molar-refractivity contribution in [2.24, 2.45) is 0 Å². The Hall–Kier alpha value is -6.18. The monoisotopic (exact) mass is 854 g/mol. The molecule has 3 N–H and O–H groups in total. The molecule has 2 amide bonds. The lowest BCUT2D eigenvalue weighted by Crippen LogP contribution is -2.27. The number of sulfonamides is 2. The van der Waals surface area contributed by atoms with Crippen molar-refractivity contribution < 1.29 is 49.1 Å². The average Bonchev–Trinajstić information content (AvgIpc) is 3.77. The molecule has 0 radical (unpaired) electrons. The predicted molar refractivity (Wildman–Crippen MR) is 224 cm³/mol. The van der Waals surface area contributed by atoms with Crippen LogP contribution in [0.15, 0.2) is 76.1 Å². The fourth-order valence-electron chi connectivity index (χ4n) is 5.64. The number of hydrogen-bond donors (Lipinski definition) is 3. The van der Waals surface area contributed by atoms with Gasteiger partial charge in [0.2, 0.25) is 31.5 Å². The Morgan fingerprint density at radius 2 is 1.12 bits per heavy atom. The van der Waals surface area contributed by atoms with Crippen molar-refractivity contribution in [1.82, 2.24) is 20.6 Å². The van der Waals surface area contributed by atoms with Gasteiger partial charge in [0.15, 0.2) is 5.82 Å². The number of anilines is 2. The normalized spacial score (nSPS) is 11.2. The van der Waals surface area contributed by atoms with E-state index >= 15 is 0 Å². The van der Waals surface area contributed by atoms with E-state index in [2.05, 4.69) is 27.2 Å². The molecule has 6 rings (SSSR count). The van der Waals surface area contributed by atoms with Gasteiger partial charge in [0.1, 0.15) is 29.0 Å². The molecule has 0 atom stereocenters. The summed E-state index contributed by atoms with van der Waals surface area (Å²) in [7, 11) is -1.37. The van der Waals surface area contributed by atoms with Gasteiger partial charge in [-0.25, -0.2) is 25.6 Å². The number of benzene rings is 2. The van der Waals surface area contributed by atoms with Crippen LogP contribution in [0.3, 0.4) is 0 Å². The molecule has 4 heterocycles. The highest BCUT2D eigenvalue weighted by atomic mass is 32.2. The maximum atomic E-state index is 13.3. The van der Waals surface area contributed by atoms with E-state index in [1.807, 2.05) is 6.92 Å². The van der Waals surface area contributed by atoms with E-state index in [0.717, 1.165) is 21.1 Å². The highest BCUT2D eigenvalue weighted by Gasteiger charge is 2.28. The van der Waals surface area contributed by atoms with Crippen LogP contribution in [-0.4, -0.2) is 91.0 Å². The summed E-state index contributed by atoms with van der Waals surface area (Å²) in [5.41, 5.74) is 2.74. The third-order valence-corrected chi connectivity index (χ3v) is 11.1. The molecule has 314 valence electrons. The Morgan fingerprint density at radius 3 is 1.47 bits per heavy atom. The molecule has 6 aromatic rings. The molecule has 0 spiro atoms. The minimum atomic E-state index is -3.58. The van der Waals surface area contributed by atoms with Gasteiger partial charge in [-0.15, -0.1) is 0 Å². The highest BCUT2D eigenvalue weighted by Crippen LogP contribution is 2.37. The molecule has 2 aromatic carbocycles. The van der Waals surface area contributed by atoms with Crippen LogP contribution in [0.25, 0.3) is 50.9 Å². The van der Waals surface area contributed by atoms with Crippen LogP contribution in [0.5, 0.6) is 0 Å². The third kappa shape index (κ3) is 9.93. The number of amides is 2. The summed E-state index contributed by atoms with van der Waals surface area (Å²) in [6, 6.07) is 14.3. The second-order valence-corrected chi connectivity index (χ2v) is 16.7. The van der Waals surface area contributed by atoms with Gasteiger partial charge in [0.25, 0.3) is 11.8 Å². The summed E-state index contributed by atoms with van der Waals surface area (Å²) in [4.78, 5) is 33.8. The number of pyridine rings is 2. The first-order chi connectivity index (χ1) is 27.7. The number of fused-ring (bicyclic) bond motifs is 2. The molecular weight excluding hydrogens is 811 g/mol. The number of carbonyl (C=O) groups excluding carboxylic acids is 2. The molecule has 0 saturated carbocycles. The van der Waals surface area contributed by atoms with Crippen LogP contribution < -0.4 is 19.2 Å². The van der Waals surface area contributed by atoms with Gasteiger partial charge in [0.05, 0.1) is 34.4 Å². The Kier molecular flexibility index (Phi) is 14.4. The molecular formula is C40H44F2N6O9S2. The van der Waals surface area contributed by atoms with Gasteiger partial charge in [-0.05, 0) is 79.6 Å². The largest absolute Gasteiger partial charge is 0.437 e. The topological polar surface area (TPSA) is 205 Å². The zero-order valence-electron chi connectivity index (χ0n) is 33.5. The SMILES string of the molecule is C=Cc1cc2c(C(=O)NC)c(-c3ccc(F)cc3)oc2nc1N(C)S(C)(=O)=O.CCO.CCc1cc2c(C(=O)NC)c(-c3ccc(F)cc3)oc2nc1N(C)S(C)(=O)=O. The number of nitrogens with one attached hydrogen (secondary N) is 2. The molecule has 15 nitrogen and oxygen atoms in total. The summed E-state index contributed by atoms with van der Waals surface area (Å²) in [5.74, 6) is -0.840. The van der Waals surface area contributed by atoms with Gasteiger partial charge in [0, 0.05) is 51.5 Å². The van der Waals surface area contributed by atoms with E-state index in [1.54, 1.807) is 19.1 Å². The van der Waals surface area contributed by atoms with Crippen LogP contribution in [0, 0.1) is 11.6 Å². The summed E-state index contributed by atoms with van der Waals surface area (Å²) >= 11 is 0. The van der Waals surface area contributed by atoms with Gasteiger partial charge >= 0.3 is 0 Å². The maximum Gasteiger partial charge on any atom is 0.255 e. The van der Waals surface area contributed by atoms with Crippen LogP contribution in [-0.2, 0) is 26.5 Å². The predicted octanol–water partition coefficient (Wildman–Crippen LogP) is 5.98. The first-order valence-electron chi connectivity index (χ1n) is 17.8. The number of furan rings is 2. The highest BCUT2D eigenvalue weighted by molar-refractivity contribution is 7.92. The number of aliphatic hydroxyl groups excluding tert-OH is 1. The minimum absolute atomic E-state index is 0.0778. The summed E-state index contributed by atoms with van der Waals surface area (Å²) in [6.07, 6.45) is 4.08. The van der Waals surface area contributed by atoms with Crippen molar-refractivity contribution in [3.63, 3.8) is 0 Å². The van der Waals surface area contributed by atoms with Gasteiger partial charge < -0.3 is 24.6 Å². The molecule has 0 bridgehead atoms. The van der Waals surface area contributed by atoms with E-state index in [-0.39, 0.29) is 58.2 Å². The summed E-state index contributed by atoms with van der Waals surface area (Å²) in [6.45, 7) is 7.49. The van der Waals surface area contributed by atoms with Crippen molar-refractivity contribution >= 4 is 71.8 Å². The van der Waals surface area contributed by atoms with Gasteiger partial charge in [-0.2, -0.15) is 9.97 Å². The Bertz CT molecular complexity index is 2740. The third-order valence-electron chi connectivity index (χ3n) is 8.74. The number of aromatic nitrogens is 2. The van der Waals surface area contributed by atoms with Crippen LogP contribution in [0.4, 0.5) is 20.4 Å². The number of halogens is 2. The van der Waals surface area contributed by atoms with E-state index in [0.29, 0.717) is 39.4 Å². The standard InChI is InChI=1S/C19H20FN3O4S.C19H18FN3O4S.C2H6O/c2*1-5-11-10-14-15(18(24)21-2)16(12-6-8-13(20)9-7-12)27-19(14)22-17(11)23(3)28(4,25)26;1-2-3/h6-10H,5H2,1-4H3,(H,21,24);5-10H,1H2,2-4H3,(H,21,24);3H,2H2,1H3. The lowest BCUT2D eigenvalue weighted by atomic mass is 10.0. The first kappa shape index (κ1) is 45.5. The maximum absolute atomic E-state index is 13.3. The number of aryl methyl sites for hydroxylation is 1. The quantitative estimate of drug-likeness (QED) is 0.146. The second kappa shape index (κ2) is 18.6. The molecule has 0 aliphatic rings. The molecule has 19 heteroatoms. The van der Waals surface area contributed by atoms with E-state index in [1.165, 1.54) is 82.8 Å². The van der Waals surface area contributed by atoms with Crippen molar-refractivity contribution in [1.29, 1.82) is 0 Å². The first-order valence-corrected chi connectivity index (χ1v) is 21.5. The number of rotatable bonds is 10. The molecule has 0 fully saturated rings. The Balaban J connectivity index is 0.000000244. The smallest absolute Gasteiger partial charge is 0.255 e. The summed E-state index contributed by atoms with van der Waals surface area (Å²) in [5, 5.41) is 13.5. The van der Waals surface area contributed by atoms with Crippen molar-refractivity contribution in [2.45, 2.75) is 20.3 Å². The van der Waals surface area contributed by atoms with Crippen LogP contribution in [0.2, 0.25) is 0 Å². The fourth-order valence-corrected chi connectivity index (χ4v) is 6.58. The summed E-state index contributed by atoms with van der Waals surface area (Å²) < 4.78 is 88.1. The number of hydrogen-bond acceptors (Lipinski definition) is 11. The molecule has 59 heavy (non-hydrogen) atoms. The molecule has 0 unspecified atom stereocenters. The van der Waals surface area contributed by atoms with Crippen molar-refractivity contribution in [3.8, 4) is 22.6 Å². The zero-order chi connectivity index (χ0) is 44.0. The van der Waals surface area contributed by atoms with Gasteiger partial charge in [-0.3, -0.25) is 18.2 Å². The average molecular weight is 855 g/mol. The van der Waals surface area contributed by atoms with Crippen LogP contribution >= 0.6 is 0 Å². The number of nitrogens with zero attached hydrogens (tertiary/aromatic N) is 4. The Labute approximate surface area is 340 Å². The fraction of sp³-hybridized carbons (Fsp3) is 0.250. The van der Waals surface area contributed by atoms with Gasteiger partial charge in [-0.1, -0.05) is 19.6 Å². The molecule has 0 aliphatic carbocycles. The second-order valence-electron chi connectivity index (χ2n) is 12.7. The van der Waals surface area contributed by atoms with Crippen LogP contribution in [0.1, 0.15) is 45.7 Å². The number of carbonyl (C=O) groups is 2. The minimum Gasteiger partial charge on any atom is -0.437 e. The molecule has 0 aliphatic heterocycles. The van der Waals surface area contributed by atoms with Crippen molar-refractivity contribution in [3.05, 3.63) is 101 Å². The van der Waals surface area contributed by atoms with E-state index in [9.17, 15) is 35.2 Å². The van der Waals surface area contributed by atoms with Crippen molar-refractivity contribution in [2.75, 3.05) is 55.9 Å². The Morgan fingerprint density at radius 1 is 0.746 bits per heavy atom. The number of aliphatic hydroxyl groups is 1.